The van der Waals surface area contributed by atoms with Crippen molar-refractivity contribution in [2.45, 2.75) is 39.2 Å². The van der Waals surface area contributed by atoms with E-state index in [2.05, 4.69) is 41.7 Å². The molecule has 0 saturated carbocycles. The first-order valence-corrected chi connectivity index (χ1v) is 6.52. The van der Waals surface area contributed by atoms with Gasteiger partial charge in [0.15, 0.2) is 0 Å². The number of imidazole rings is 1. The first-order chi connectivity index (χ1) is 8.66. The van der Waals surface area contributed by atoms with Gasteiger partial charge in [0.1, 0.15) is 5.82 Å². The van der Waals surface area contributed by atoms with Crippen LogP contribution in [0.5, 0.6) is 0 Å². The van der Waals surface area contributed by atoms with Gasteiger partial charge in [-0.25, -0.2) is 4.98 Å². The van der Waals surface area contributed by atoms with Gasteiger partial charge in [-0.3, -0.25) is 0 Å². The van der Waals surface area contributed by atoms with Gasteiger partial charge in [0.2, 0.25) is 0 Å². The van der Waals surface area contributed by atoms with E-state index in [0.717, 1.165) is 25.1 Å². The Balaban J connectivity index is 1.88. The van der Waals surface area contributed by atoms with Crippen molar-refractivity contribution in [1.29, 1.82) is 0 Å². The van der Waals surface area contributed by atoms with Crippen molar-refractivity contribution in [3.63, 3.8) is 0 Å². The van der Waals surface area contributed by atoms with E-state index in [1.165, 1.54) is 11.4 Å². The highest BCUT2D eigenvalue weighted by Gasteiger charge is 2.06. The van der Waals surface area contributed by atoms with Gasteiger partial charge in [0.25, 0.3) is 0 Å². The predicted octanol–water partition coefficient (Wildman–Crippen LogP) is 3.22. The van der Waals surface area contributed by atoms with E-state index < -0.39 is 0 Å². The summed E-state index contributed by atoms with van der Waals surface area (Å²) in [5.41, 5.74) is 7.85. The fraction of sp³-hybridized carbons (Fsp3) is 0.400. The number of aryl methyl sites for hydroxylation is 2. The van der Waals surface area contributed by atoms with E-state index in [1.807, 2.05) is 18.3 Å². The normalized spacial score (nSPS) is 11.1. The highest BCUT2D eigenvalue weighted by molar-refractivity contribution is 5.39. The lowest BCUT2D eigenvalue weighted by molar-refractivity contribution is 0.589. The van der Waals surface area contributed by atoms with Gasteiger partial charge in [-0.15, -0.1) is 0 Å². The Kier molecular flexibility index (Phi) is 4.03. The molecule has 0 amide bonds. The molecule has 96 valence electrons. The summed E-state index contributed by atoms with van der Waals surface area (Å²) in [4.78, 5) is 4.40. The minimum absolute atomic E-state index is 0.483. The van der Waals surface area contributed by atoms with Crippen LogP contribution in [0, 0.1) is 0 Å². The van der Waals surface area contributed by atoms with Crippen LogP contribution in [0.1, 0.15) is 37.6 Å². The molecule has 0 aliphatic heterocycles. The molecule has 2 aromatic rings. The molecule has 0 atom stereocenters. The van der Waals surface area contributed by atoms with E-state index in [0.29, 0.717) is 5.92 Å². The second kappa shape index (κ2) is 5.71. The summed E-state index contributed by atoms with van der Waals surface area (Å²) >= 11 is 0. The van der Waals surface area contributed by atoms with Crippen molar-refractivity contribution in [3.05, 3.63) is 48.0 Å². The van der Waals surface area contributed by atoms with Gasteiger partial charge >= 0.3 is 0 Å². The molecule has 2 rings (SSSR count). The summed E-state index contributed by atoms with van der Waals surface area (Å²) in [6.45, 7) is 5.38. The van der Waals surface area contributed by atoms with Gasteiger partial charge < -0.3 is 10.3 Å². The SMILES string of the molecule is CC(C)c1nccn1CCCc1ccc(N)cc1. The summed E-state index contributed by atoms with van der Waals surface area (Å²) < 4.78 is 2.25. The van der Waals surface area contributed by atoms with Crippen LogP contribution in [0.3, 0.4) is 0 Å². The van der Waals surface area contributed by atoms with Crippen molar-refractivity contribution in [2.75, 3.05) is 5.73 Å². The number of rotatable bonds is 5. The predicted molar refractivity (Wildman–Crippen MR) is 75.5 cm³/mol. The topological polar surface area (TPSA) is 43.8 Å². The molecule has 0 bridgehead atoms. The van der Waals surface area contributed by atoms with Crippen LogP contribution in [0.2, 0.25) is 0 Å². The molecule has 1 heterocycles. The molecule has 3 heteroatoms. The first-order valence-electron chi connectivity index (χ1n) is 6.52. The molecule has 1 aromatic carbocycles. The lowest BCUT2D eigenvalue weighted by Gasteiger charge is -2.10. The molecule has 3 nitrogen and oxygen atoms in total. The number of nitrogens with two attached hydrogens (primary N) is 1. The highest BCUT2D eigenvalue weighted by Crippen LogP contribution is 2.13. The van der Waals surface area contributed by atoms with E-state index >= 15 is 0 Å². The van der Waals surface area contributed by atoms with Crippen LogP contribution in [0.4, 0.5) is 5.69 Å². The Morgan fingerprint density at radius 1 is 1.22 bits per heavy atom. The zero-order chi connectivity index (χ0) is 13.0. The maximum atomic E-state index is 5.67. The van der Waals surface area contributed by atoms with Crippen molar-refractivity contribution in [3.8, 4) is 0 Å². The average molecular weight is 243 g/mol. The van der Waals surface area contributed by atoms with Crippen LogP contribution < -0.4 is 5.73 Å². The number of hydrogen-bond donors (Lipinski definition) is 1. The molecule has 1 aromatic heterocycles. The molecular weight excluding hydrogens is 222 g/mol. The molecule has 2 N–H and O–H groups in total. The molecule has 0 unspecified atom stereocenters. The summed E-state index contributed by atoms with van der Waals surface area (Å²) in [6.07, 6.45) is 6.16. The van der Waals surface area contributed by atoms with Crippen LogP contribution in [-0.2, 0) is 13.0 Å². The Morgan fingerprint density at radius 3 is 2.61 bits per heavy atom. The van der Waals surface area contributed by atoms with Crippen LogP contribution in [-0.4, -0.2) is 9.55 Å². The molecule has 0 saturated heterocycles. The van der Waals surface area contributed by atoms with Crippen molar-refractivity contribution in [2.24, 2.45) is 0 Å². The number of hydrogen-bond acceptors (Lipinski definition) is 2. The fourth-order valence-corrected chi connectivity index (χ4v) is 2.15. The number of nitrogens with zero attached hydrogens (tertiary/aromatic N) is 2. The Labute approximate surface area is 109 Å². The summed E-state index contributed by atoms with van der Waals surface area (Å²) in [5.74, 6) is 1.66. The molecule has 0 fully saturated rings. The third kappa shape index (κ3) is 3.13. The maximum absolute atomic E-state index is 5.67. The molecule has 18 heavy (non-hydrogen) atoms. The van der Waals surface area contributed by atoms with Gasteiger partial charge in [-0.05, 0) is 30.5 Å². The quantitative estimate of drug-likeness (QED) is 0.819. The average Bonchev–Trinajstić information content (AvgIpc) is 2.80. The molecular formula is C15H21N3. The fourth-order valence-electron chi connectivity index (χ4n) is 2.15. The third-order valence-electron chi connectivity index (χ3n) is 3.11. The standard InChI is InChI=1S/C15H21N3/c1-12(2)15-17-9-11-18(15)10-3-4-13-5-7-14(16)8-6-13/h5-9,11-12H,3-4,10,16H2,1-2H3. The van der Waals surface area contributed by atoms with Crippen LogP contribution in [0.15, 0.2) is 36.7 Å². The number of nitrogen functional groups attached to an aromatic ring is 1. The smallest absolute Gasteiger partial charge is 0.111 e. The second-order valence-corrected chi connectivity index (χ2v) is 4.98. The van der Waals surface area contributed by atoms with Gasteiger partial charge in [-0.1, -0.05) is 26.0 Å². The Hall–Kier alpha value is -1.77. The molecule has 0 aliphatic rings. The molecule has 0 aliphatic carbocycles. The van der Waals surface area contributed by atoms with Gasteiger partial charge in [0, 0.05) is 30.5 Å². The van der Waals surface area contributed by atoms with Crippen molar-refractivity contribution >= 4 is 5.69 Å². The van der Waals surface area contributed by atoms with Crippen LogP contribution in [0.25, 0.3) is 0 Å². The Morgan fingerprint density at radius 2 is 1.94 bits per heavy atom. The third-order valence-corrected chi connectivity index (χ3v) is 3.11. The first kappa shape index (κ1) is 12.7. The number of aromatic nitrogens is 2. The lowest BCUT2D eigenvalue weighted by Crippen LogP contribution is -2.05. The second-order valence-electron chi connectivity index (χ2n) is 4.98. The van der Waals surface area contributed by atoms with E-state index in [9.17, 15) is 0 Å². The summed E-state index contributed by atoms with van der Waals surface area (Å²) in [5, 5.41) is 0. The zero-order valence-corrected chi connectivity index (χ0v) is 11.1. The maximum Gasteiger partial charge on any atom is 0.111 e. The monoisotopic (exact) mass is 243 g/mol. The molecule has 0 spiro atoms. The summed E-state index contributed by atoms with van der Waals surface area (Å²) in [6, 6.07) is 8.14. The highest BCUT2D eigenvalue weighted by atomic mass is 15.1. The van der Waals surface area contributed by atoms with Gasteiger partial charge in [-0.2, -0.15) is 0 Å². The Bertz CT molecular complexity index is 483. The van der Waals surface area contributed by atoms with Gasteiger partial charge in [0.05, 0.1) is 0 Å². The largest absolute Gasteiger partial charge is 0.399 e. The van der Waals surface area contributed by atoms with E-state index in [4.69, 9.17) is 5.73 Å². The zero-order valence-electron chi connectivity index (χ0n) is 11.1. The molecule has 0 radical (unpaired) electrons. The van der Waals surface area contributed by atoms with Crippen molar-refractivity contribution < 1.29 is 0 Å². The van der Waals surface area contributed by atoms with Crippen LogP contribution >= 0.6 is 0 Å². The number of benzene rings is 1. The van der Waals surface area contributed by atoms with Crippen molar-refractivity contribution in [1.82, 2.24) is 9.55 Å². The summed E-state index contributed by atoms with van der Waals surface area (Å²) in [7, 11) is 0. The number of anilines is 1. The van der Waals surface area contributed by atoms with E-state index in [-0.39, 0.29) is 0 Å². The minimum Gasteiger partial charge on any atom is -0.399 e. The lowest BCUT2D eigenvalue weighted by atomic mass is 10.1. The minimum atomic E-state index is 0.483. The van der Waals surface area contributed by atoms with E-state index in [1.54, 1.807) is 0 Å².